The van der Waals surface area contributed by atoms with Gasteiger partial charge in [0, 0.05) is 19.0 Å². The topological polar surface area (TPSA) is 79.5 Å². The van der Waals surface area contributed by atoms with Crippen molar-refractivity contribution in [3.05, 3.63) is 0 Å². The molecule has 16 heavy (non-hydrogen) atoms. The molecule has 0 heterocycles. The van der Waals surface area contributed by atoms with Crippen LogP contribution < -0.4 is 16.4 Å². The van der Waals surface area contributed by atoms with Gasteiger partial charge < -0.3 is 16.4 Å². The van der Waals surface area contributed by atoms with Gasteiger partial charge >= 0.3 is 0 Å². The third-order valence-corrected chi connectivity index (χ3v) is 2.26. The van der Waals surface area contributed by atoms with Crippen molar-refractivity contribution < 1.29 is 4.79 Å². The van der Waals surface area contributed by atoms with Gasteiger partial charge in [0.05, 0.1) is 6.54 Å². The van der Waals surface area contributed by atoms with E-state index in [1.807, 2.05) is 0 Å². The molecule has 0 aromatic carbocycles. The van der Waals surface area contributed by atoms with Gasteiger partial charge in [-0.2, -0.15) is 0 Å². The second-order valence-electron chi connectivity index (χ2n) is 4.63. The lowest BCUT2D eigenvalue weighted by atomic mass is 10.2. The Morgan fingerprint density at radius 3 is 2.75 bits per heavy atom. The average molecular weight is 226 g/mol. The first-order valence-corrected chi connectivity index (χ1v) is 5.91. The van der Waals surface area contributed by atoms with Crippen LogP contribution in [0, 0.1) is 5.92 Å². The van der Waals surface area contributed by atoms with Crippen LogP contribution in [-0.2, 0) is 4.79 Å². The van der Waals surface area contributed by atoms with E-state index in [4.69, 9.17) is 5.73 Å². The lowest BCUT2D eigenvalue weighted by Gasteiger charge is -2.06. The van der Waals surface area contributed by atoms with Crippen LogP contribution in [0.15, 0.2) is 4.99 Å². The van der Waals surface area contributed by atoms with E-state index in [1.165, 1.54) is 12.8 Å². The summed E-state index contributed by atoms with van der Waals surface area (Å²) in [7, 11) is 0. The minimum Gasteiger partial charge on any atom is -0.370 e. The van der Waals surface area contributed by atoms with Crippen LogP contribution in [-0.4, -0.2) is 31.0 Å². The second-order valence-corrected chi connectivity index (χ2v) is 4.63. The molecule has 4 N–H and O–H groups in total. The summed E-state index contributed by atoms with van der Waals surface area (Å²) in [6.45, 7) is 5.31. The van der Waals surface area contributed by atoms with E-state index < -0.39 is 0 Å². The molecule has 0 aromatic heterocycles. The number of nitrogens with one attached hydrogen (secondary N) is 2. The van der Waals surface area contributed by atoms with Crippen LogP contribution >= 0.6 is 0 Å². The van der Waals surface area contributed by atoms with Gasteiger partial charge in [-0.3, -0.25) is 9.79 Å². The van der Waals surface area contributed by atoms with Crippen molar-refractivity contribution in [3.8, 4) is 0 Å². The molecule has 1 aliphatic carbocycles. The number of rotatable bonds is 6. The van der Waals surface area contributed by atoms with Gasteiger partial charge in [0.25, 0.3) is 0 Å². The van der Waals surface area contributed by atoms with Crippen LogP contribution in [0.4, 0.5) is 0 Å². The molecule has 1 rings (SSSR count). The molecule has 1 saturated carbocycles. The van der Waals surface area contributed by atoms with Crippen molar-refractivity contribution in [1.29, 1.82) is 0 Å². The quantitative estimate of drug-likeness (QED) is 0.447. The maximum absolute atomic E-state index is 11.3. The van der Waals surface area contributed by atoms with Gasteiger partial charge in [-0.1, -0.05) is 13.8 Å². The maximum atomic E-state index is 11.3. The fourth-order valence-corrected chi connectivity index (χ4v) is 1.17. The number of guanidine groups is 1. The number of carbonyl (C=O) groups is 1. The standard InChI is InChI=1S/C11H22N4O/c1-8(2)7-14-10(16)5-6-13-11(12)15-9-3-4-9/h8-9H,3-7H2,1-2H3,(H,14,16)(H3,12,13,15). The first kappa shape index (κ1) is 12.8. The molecule has 0 aromatic rings. The average Bonchev–Trinajstić information content (AvgIpc) is 2.98. The predicted molar refractivity (Wildman–Crippen MR) is 65.1 cm³/mol. The summed E-state index contributed by atoms with van der Waals surface area (Å²) in [4.78, 5) is 15.4. The Balaban J connectivity index is 2.06. The van der Waals surface area contributed by atoms with E-state index in [0.29, 0.717) is 30.9 Å². The van der Waals surface area contributed by atoms with E-state index in [0.717, 1.165) is 6.54 Å². The predicted octanol–water partition coefficient (Wildman–Crippen LogP) is 0.215. The van der Waals surface area contributed by atoms with Gasteiger partial charge in [0.15, 0.2) is 5.96 Å². The van der Waals surface area contributed by atoms with Gasteiger partial charge in [-0.15, -0.1) is 0 Å². The van der Waals surface area contributed by atoms with E-state index in [2.05, 4.69) is 29.5 Å². The Labute approximate surface area is 96.9 Å². The minimum absolute atomic E-state index is 0.0386. The first-order valence-electron chi connectivity index (χ1n) is 5.91. The highest BCUT2D eigenvalue weighted by Gasteiger charge is 2.21. The van der Waals surface area contributed by atoms with Crippen LogP contribution in [0.2, 0.25) is 0 Å². The second kappa shape index (κ2) is 6.35. The smallest absolute Gasteiger partial charge is 0.221 e. The van der Waals surface area contributed by atoms with Crippen molar-refractivity contribution in [1.82, 2.24) is 10.6 Å². The summed E-state index contributed by atoms with van der Waals surface area (Å²) in [5.41, 5.74) is 5.63. The van der Waals surface area contributed by atoms with Crippen LogP contribution in [0.1, 0.15) is 33.1 Å². The van der Waals surface area contributed by atoms with Crippen molar-refractivity contribution in [2.75, 3.05) is 13.1 Å². The summed E-state index contributed by atoms with van der Waals surface area (Å²) < 4.78 is 0. The first-order chi connectivity index (χ1) is 7.58. The fourth-order valence-electron chi connectivity index (χ4n) is 1.17. The molecule has 92 valence electrons. The summed E-state index contributed by atoms with van der Waals surface area (Å²) in [6, 6.07) is 0.513. The van der Waals surface area contributed by atoms with Gasteiger partial charge in [-0.25, -0.2) is 0 Å². The molecule has 1 amide bonds. The van der Waals surface area contributed by atoms with Crippen LogP contribution in [0.25, 0.3) is 0 Å². The molecule has 5 heteroatoms. The molecule has 0 saturated heterocycles. The van der Waals surface area contributed by atoms with Crippen LogP contribution in [0.5, 0.6) is 0 Å². The Morgan fingerprint density at radius 2 is 2.19 bits per heavy atom. The van der Waals surface area contributed by atoms with E-state index in [9.17, 15) is 4.79 Å². The van der Waals surface area contributed by atoms with Crippen molar-refractivity contribution >= 4 is 11.9 Å². The van der Waals surface area contributed by atoms with Crippen molar-refractivity contribution in [3.63, 3.8) is 0 Å². The number of amides is 1. The molecule has 0 unspecified atom stereocenters. The minimum atomic E-state index is 0.0386. The van der Waals surface area contributed by atoms with E-state index in [1.54, 1.807) is 0 Å². The Bertz CT molecular complexity index is 259. The lowest BCUT2D eigenvalue weighted by Crippen LogP contribution is -2.34. The van der Waals surface area contributed by atoms with E-state index in [-0.39, 0.29) is 5.91 Å². The molecule has 0 bridgehead atoms. The monoisotopic (exact) mass is 226 g/mol. The number of carbonyl (C=O) groups excluding carboxylic acids is 1. The number of hydrogen-bond acceptors (Lipinski definition) is 2. The SMILES string of the molecule is CC(C)CNC(=O)CCN=C(N)NC1CC1. The largest absolute Gasteiger partial charge is 0.370 e. The number of nitrogens with two attached hydrogens (primary N) is 1. The van der Waals surface area contributed by atoms with Gasteiger partial charge in [0.1, 0.15) is 0 Å². The third-order valence-electron chi connectivity index (χ3n) is 2.26. The molecule has 0 radical (unpaired) electrons. The fraction of sp³-hybridized carbons (Fsp3) is 0.818. The highest BCUT2D eigenvalue weighted by Crippen LogP contribution is 2.17. The van der Waals surface area contributed by atoms with Crippen LogP contribution in [0.3, 0.4) is 0 Å². The normalized spacial score (nSPS) is 16.3. The molecular weight excluding hydrogens is 204 g/mol. The number of hydrogen-bond donors (Lipinski definition) is 3. The molecule has 0 aliphatic heterocycles. The Morgan fingerprint density at radius 1 is 1.50 bits per heavy atom. The molecule has 0 spiro atoms. The third kappa shape index (κ3) is 6.27. The van der Waals surface area contributed by atoms with Gasteiger partial charge in [-0.05, 0) is 18.8 Å². The van der Waals surface area contributed by atoms with Gasteiger partial charge in [0.2, 0.25) is 5.91 Å². The summed E-state index contributed by atoms with van der Waals surface area (Å²) in [6.07, 6.45) is 2.75. The highest BCUT2D eigenvalue weighted by atomic mass is 16.1. The zero-order valence-corrected chi connectivity index (χ0v) is 10.1. The maximum Gasteiger partial charge on any atom is 0.221 e. The molecule has 5 nitrogen and oxygen atoms in total. The number of aliphatic imine (C=N–C) groups is 1. The number of nitrogens with zero attached hydrogens (tertiary/aromatic N) is 1. The zero-order valence-electron chi connectivity index (χ0n) is 10.1. The highest BCUT2D eigenvalue weighted by molar-refractivity contribution is 5.79. The molecule has 0 atom stereocenters. The van der Waals surface area contributed by atoms with Crippen molar-refractivity contribution in [2.45, 2.75) is 39.2 Å². The summed E-state index contributed by atoms with van der Waals surface area (Å²) >= 11 is 0. The molecular formula is C11H22N4O. The molecule has 1 aliphatic rings. The Kier molecular flexibility index (Phi) is 5.08. The van der Waals surface area contributed by atoms with E-state index >= 15 is 0 Å². The zero-order chi connectivity index (χ0) is 12.0. The van der Waals surface area contributed by atoms with Crippen molar-refractivity contribution in [2.24, 2.45) is 16.6 Å². The Hall–Kier alpha value is -1.26. The molecule has 1 fully saturated rings. The summed E-state index contributed by atoms with van der Waals surface area (Å²) in [5.74, 6) is 0.977. The summed E-state index contributed by atoms with van der Waals surface area (Å²) in [5, 5.41) is 5.91. The lowest BCUT2D eigenvalue weighted by molar-refractivity contribution is -0.121.